The summed E-state index contributed by atoms with van der Waals surface area (Å²) >= 11 is 1.61. The minimum absolute atomic E-state index is 0.341. The zero-order chi connectivity index (χ0) is 17.2. The molecule has 4 rings (SSSR count). The molecule has 0 bridgehead atoms. The third kappa shape index (κ3) is 3.04. The van der Waals surface area contributed by atoms with Crippen LogP contribution >= 0.6 is 11.3 Å². The van der Waals surface area contributed by atoms with Crippen LogP contribution in [0.15, 0.2) is 59.3 Å². The first-order chi connectivity index (χ1) is 12.2. The number of nitrogens with zero attached hydrogens (tertiary/aromatic N) is 3. The summed E-state index contributed by atoms with van der Waals surface area (Å²) in [5.41, 5.74) is 4.42. The maximum atomic E-state index is 8.58. The third-order valence-electron chi connectivity index (χ3n) is 4.14. The van der Waals surface area contributed by atoms with E-state index in [1.807, 2.05) is 42.6 Å². The number of thiophene rings is 1. The quantitative estimate of drug-likeness (QED) is 0.543. The number of hydrogen-bond donors (Lipinski definition) is 2. The van der Waals surface area contributed by atoms with Crippen molar-refractivity contribution in [3.63, 3.8) is 0 Å². The van der Waals surface area contributed by atoms with Gasteiger partial charge in [0.25, 0.3) is 0 Å². The van der Waals surface area contributed by atoms with E-state index in [1.165, 1.54) is 10.2 Å². The number of rotatable bonds is 4. The molecule has 6 heteroatoms. The molecule has 25 heavy (non-hydrogen) atoms. The molecule has 3 heterocycles. The number of aromatic nitrogens is 3. The van der Waals surface area contributed by atoms with E-state index in [0.29, 0.717) is 5.49 Å². The van der Waals surface area contributed by atoms with Gasteiger partial charge in [-0.15, -0.1) is 11.3 Å². The van der Waals surface area contributed by atoms with Crippen molar-refractivity contribution >= 4 is 28.6 Å². The Morgan fingerprint density at radius 1 is 1.24 bits per heavy atom. The van der Waals surface area contributed by atoms with Gasteiger partial charge in [-0.25, -0.2) is 9.66 Å². The summed E-state index contributed by atoms with van der Waals surface area (Å²) in [6.45, 7) is 2.03. The van der Waals surface area contributed by atoms with Crippen molar-refractivity contribution < 1.29 is 0 Å². The molecule has 3 aromatic heterocycles. The molecule has 0 unspecified atom stereocenters. The number of fused-ring (bicyclic) bond motifs is 1. The Kier molecular flexibility index (Phi) is 4.03. The molecule has 4 aromatic rings. The molecule has 0 saturated carbocycles. The molecular weight excluding hydrogens is 330 g/mol. The first kappa shape index (κ1) is 15.5. The van der Waals surface area contributed by atoms with Gasteiger partial charge >= 0.3 is 0 Å². The Bertz CT molecular complexity index is 1090. The second-order valence-electron chi connectivity index (χ2n) is 5.81. The summed E-state index contributed by atoms with van der Waals surface area (Å²) in [4.78, 5) is 8.78. The van der Waals surface area contributed by atoms with Gasteiger partial charge in [0, 0.05) is 17.0 Å². The SMILES string of the molecule is Cc1[nH]c2ncn(/N=C/c3cccs3)c(=N)c2c1Cc1ccccc1. The van der Waals surface area contributed by atoms with E-state index in [4.69, 9.17) is 5.41 Å². The lowest BCUT2D eigenvalue weighted by Crippen LogP contribution is -2.18. The molecule has 1 aromatic carbocycles. The van der Waals surface area contributed by atoms with Gasteiger partial charge in [-0.1, -0.05) is 36.4 Å². The van der Waals surface area contributed by atoms with Gasteiger partial charge in [-0.2, -0.15) is 5.10 Å². The van der Waals surface area contributed by atoms with Crippen molar-refractivity contribution in [3.8, 4) is 0 Å². The monoisotopic (exact) mass is 347 g/mol. The Hall–Kier alpha value is -2.99. The third-order valence-corrected chi connectivity index (χ3v) is 4.94. The Morgan fingerprint density at radius 2 is 2.08 bits per heavy atom. The van der Waals surface area contributed by atoms with E-state index in [2.05, 4.69) is 27.2 Å². The van der Waals surface area contributed by atoms with Crippen LogP contribution in [0.1, 0.15) is 21.7 Å². The van der Waals surface area contributed by atoms with Crippen molar-refractivity contribution in [2.75, 3.05) is 0 Å². The number of aromatic amines is 1. The van der Waals surface area contributed by atoms with Gasteiger partial charge in [0.1, 0.15) is 12.0 Å². The summed E-state index contributed by atoms with van der Waals surface area (Å²) in [6, 6.07) is 14.2. The lowest BCUT2D eigenvalue weighted by atomic mass is 10.0. The first-order valence-electron chi connectivity index (χ1n) is 7.97. The molecule has 0 saturated heterocycles. The van der Waals surface area contributed by atoms with Crippen molar-refractivity contribution in [2.45, 2.75) is 13.3 Å². The molecule has 2 N–H and O–H groups in total. The van der Waals surface area contributed by atoms with Crippen LogP contribution < -0.4 is 5.49 Å². The van der Waals surface area contributed by atoms with Crippen LogP contribution in [0.5, 0.6) is 0 Å². The maximum Gasteiger partial charge on any atom is 0.159 e. The van der Waals surface area contributed by atoms with Crippen LogP contribution in [0, 0.1) is 12.3 Å². The Balaban J connectivity index is 1.80. The smallest absolute Gasteiger partial charge is 0.159 e. The van der Waals surface area contributed by atoms with E-state index < -0.39 is 0 Å². The molecule has 0 radical (unpaired) electrons. The van der Waals surface area contributed by atoms with Crippen LogP contribution in [0.4, 0.5) is 0 Å². The highest BCUT2D eigenvalue weighted by Gasteiger charge is 2.13. The van der Waals surface area contributed by atoms with Gasteiger partial charge < -0.3 is 4.98 Å². The fourth-order valence-corrected chi connectivity index (χ4v) is 3.45. The Morgan fingerprint density at radius 3 is 2.84 bits per heavy atom. The summed E-state index contributed by atoms with van der Waals surface area (Å²) < 4.78 is 1.52. The summed E-state index contributed by atoms with van der Waals surface area (Å²) in [7, 11) is 0. The average Bonchev–Trinajstić information content (AvgIpc) is 3.24. The second-order valence-corrected chi connectivity index (χ2v) is 6.79. The molecule has 0 amide bonds. The van der Waals surface area contributed by atoms with Crippen LogP contribution in [0.2, 0.25) is 0 Å². The fourth-order valence-electron chi connectivity index (χ4n) is 2.87. The highest BCUT2D eigenvalue weighted by Crippen LogP contribution is 2.20. The highest BCUT2D eigenvalue weighted by molar-refractivity contribution is 7.11. The molecule has 124 valence electrons. The fraction of sp³-hybridized carbons (Fsp3) is 0.105. The normalized spacial score (nSPS) is 11.6. The Labute approximate surface area is 148 Å². The summed E-state index contributed by atoms with van der Waals surface area (Å²) in [5.74, 6) is 0. The number of aryl methyl sites for hydroxylation is 1. The summed E-state index contributed by atoms with van der Waals surface area (Å²) in [6.07, 6.45) is 4.10. The number of benzene rings is 1. The van der Waals surface area contributed by atoms with Gasteiger partial charge in [0.2, 0.25) is 0 Å². The van der Waals surface area contributed by atoms with Gasteiger partial charge in [-0.3, -0.25) is 5.41 Å². The number of H-pyrrole nitrogens is 1. The average molecular weight is 347 g/mol. The molecule has 0 spiro atoms. The van der Waals surface area contributed by atoms with Crippen LogP contribution in [-0.2, 0) is 6.42 Å². The largest absolute Gasteiger partial charge is 0.343 e. The molecule has 0 aliphatic carbocycles. The maximum absolute atomic E-state index is 8.58. The van der Waals surface area contributed by atoms with Crippen molar-refractivity contribution in [1.29, 1.82) is 5.41 Å². The lowest BCUT2D eigenvalue weighted by Gasteiger charge is -2.04. The second kappa shape index (κ2) is 6.49. The highest BCUT2D eigenvalue weighted by atomic mass is 32.1. The zero-order valence-electron chi connectivity index (χ0n) is 13.7. The van der Waals surface area contributed by atoms with Crippen LogP contribution in [0.3, 0.4) is 0 Å². The first-order valence-corrected chi connectivity index (χ1v) is 8.85. The van der Waals surface area contributed by atoms with Crippen molar-refractivity contribution in [1.82, 2.24) is 14.6 Å². The zero-order valence-corrected chi connectivity index (χ0v) is 14.5. The van der Waals surface area contributed by atoms with Crippen molar-refractivity contribution in [2.24, 2.45) is 5.10 Å². The van der Waals surface area contributed by atoms with Gasteiger partial charge in [-0.05, 0) is 29.5 Å². The van der Waals surface area contributed by atoms with Gasteiger partial charge in [0.05, 0.1) is 11.6 Å². The molecule has 0 aliphatic rings. The molecular formula is C19H17N5S. The van der Waals surface area contributed by atoms with E-state index >= 15 is 0 Å². The molecule has 5 nitrogen and oxygen atoms in total. The topological polar surface area (TPSA) is 69.8 Å². The van der Waals surface area contributed by atoms with Crippen LogP contribution in [-0.4, -0.2) is 20.9 Å². The minimum atomic E-state index is 0.341. The predicted octanol–water partition coefficient (Wildman–Crippen LogP) is 3.69. The predicted molar refractivity (Wildman–Crippen MR) is 101 cm³/mol. The molecule has 0 aliphatic heterocycles. The van der Waals surface area contributed by atoms with E-state index in [1.54, 1.807) is 23.9 Å². The standard InChI is InChI=1S/C19H17N5S/c1-13-16(10-14-6-3-2-4-7-14)17-18(20)24(12-21-19(17)23-13)22-11-15-8-5-9-25-15/h2-9,11-12,20,23H,10H2,1H3/b20-18?,22-11+. The molecule has 0 fully saturated rings. The van der Waals surface area contributed by atoms with Gasteiger partial charge in [0.15, 0.2) is 5.49 Å². The molecule has 0 atom stereocenters. The number of hydrogen-bond acceptors (Lipinski definition) is 4. The van der Waals surface area contributed by atoms with E-state index in [9.17, 15) is 0 Å². The summed E-state index contributed by atoms with van der Waals surface area (Å²) in [5, 5.41) is 15.8. The lowest BCUT2D eigenvalue weighted by molar-refractivity contribution is 0.782. The number of nitrogens with one attached hydrogen (secondary N) is 2. The van der Waals surface area contributed by atoms with E-state index in [0.717, 1.165) is 33.6 Å². The van der Waals surface area contributed by atoms with Crippen molar-refractivity contribution in [3.05, 3.63) is 81.4 Å². The van der Waals surface area contributed by atoms with E-state index in [-0.39, 0.29) is 0 Å². The van der Waals surface area contributed by atoms with Crippen LogP contribution in [0.25, 0.3) is 11.0 Å². The minimum Gasteiger partial charge on any atom is -0.343 e.